The number of hydrogen-bond acceptors (Lipinski definition) is 4. The highest BCUT2D eigenvalue weighted by molar-refractivity contribution is 7.89. The third-order valence-corrected chi connectivity index (χ3v) is 5.03. The van der Waals surface area contributed by atoms with Gasteiger partial charge in [-0.15, -0.1) is 0 Å². The highest BCUT2D eigenvalue weighted by atomic mass is 32.2. The van der Waals surface area contributed by atoms with Gasteiger partial charge in [0.05, 0.1) is 5.69 Å². The van der Waals surface area contributed by atoms with E-state index < -0.39 is 10.0 Å². The van der Waals surface area contributed by atoms with E-state index >= 15 is 0 Å². The highest BCUT2D eigenvalue weighted by Crippen LogP contribution is 2.27. The van der Waals surface area contributed by atoms with Gasteiger partial charge in [0.25, 0.3) is 0 Å². The van der Waals surface area contributed by atoms with Crippen LogP contribution < -0.4 is 5.73 Å². The van der Waals surface area contributed by atoms with Crippen LogP contribution in [0.2, 0.25) is 0 Å². The van der Waals surface area contributed by atoms with Gasteiger partial charge in [0.1, 0.15) is 4.90 Å². The van der Waals surface area contributed by atoms with Gasteiger partial charge in [-0.25, -0.2) is 8.42 Å². The summed E-state index contributed by atoms with van der Waals surface area (Å²) in [5.41, 5.74) is 6.25. The Labute approximate surface area is 95.1 Å². The van der Waals surface area contributed by atoms with E-state index in [2.05, 4.69) is 5.10 Å². The first kappa shape index (κ1) is 11.4. The second kappa shape index (κ2) is 3.74. The zero-order valence-electron chi connectivity index (χ0n) is 9.47. The summed E-state index contributed by atoms with van der Waals surface area (Å²) < 4.78 is 27.5. The Morgan fingerprint density at radius 2 is 1.88 bits per heavy atom. The largest absolute Gasteiger partial charge is 0.381 e. The predicted octanol–water partition coefficient (Wildman–Crippen LogP) is 0.0952. The molecule has 0 bridgehead atoms. The molecule has 1 saturated heterocycles. The third kappa shape index (κ3) is 1.60. The van der Waals surface area contributed by atoms with Crippen molar-refractivity contribution in [3.8, 4) is 0 Å². The van der Waals surface area contributed by atoms with Gasteiger partial charge in [-0.05, 0) is 19.8 Å². The van der Waals surface area contributed by atoms with Crippen LogP contribution in [0.5, 0.6) is 0 Å². The molecule has 2 rings (SSSR count). The molecule has 1 aliphatic rings. The zero-order chi connectivity index (χ0) is 11.9. The number of aromatic nitrogens is 2. The minimum absolute atomic E-state index is 0.0897. The van der Waals surface area contributed by atoms with Crippen LogP contribution in [-0.2, 0) is 17.1 Å². The second-order valence-electron chi connectivity index (χ2n) is 4.03. The SMILES string of the molecule is Cc1c(S(=O)(=O)N2CCCC2)c(N)nn1C. The molecule has 0 aromatic carbocycles. The topological polar surface area (TPSA) is 81.2 Å². The Bertz CT molecular complexity index is 500. The van der Waals surface area contributed by atoms with Crippen LogP contribution in [-0.4, -0.2) is 35.6 Å². The normalized spacial score (nSPS) is 18.1. The molecule has 1 fully saturated rings. The Kier molecular flexibility index (Phi) is 2.67. The monoisotopic (exact) mass is 244 g/mol. The average Bonchev–Trinajstić information content (AvgIpc) is 2.76. The summed E-state index contributed by atoms with van der Waals surface area (Å²) in [6.07, 6.45) is 1.83. The first-order valence-electron chi connectivity index (χ1n) is 5.24. The van der Waals surface area contributed by atoms with Gasteiger partial charge in [0, 0.05) is 20.1 Å². The summed E-state index contributed by atoms with van der Waals surface area (Å²) in [5.74, 6) is 0.0897. The van der Waals surface area contributed by atoms with Crippen molar-refractivity contribution in [1.29, 1.82) is 0 Å². The van der Waals surface area contributed by atoms with Crippen LogP contribution in [0.25, 0.3) is 0 Å². The van der Waals surface area contributed by atoms with Crippen LogP contribution in [0.3, 0.4) is 0 Å². The van der Waals surface area contributed by atoms with E-state index in [4.69, 9.17) is 5.73 Å². The van der Waals surface area contributed by atoms with Gasteiger partial charge in [-0.3, -0.25) is 4.68 Å². The zero-order valence-corrected chi connectivity index (χ0v) is 10.3. The van der Waals surface area contributed by atoms with Gasteiger partial charge in [0.2, 0.25) is 10.0 Å². The van der Waals surface area contributed by atoms with Crippen molar-refractivity contribution in [1.82, 2.24) is 14.1 Å². The quantitative estimate of drug-likeness (QED) is 0.799. The molecule has 0 saturated carbocycles. The maximum Gasteiger partial charge on any atom is 0.248 e. The second-order valence-corrected chi connectivity index (χ2v) is 5.91. The average molecular weight is 244 g/mol. The first-order valence-corrected chi connectivity index (χ1v) is 6.68. The summed E-state index contributed by atoms with van der Waals surface area (Å²) in [6.45, 7) is 2.87. The molecular weight excluding hydrogens is 228 g/mol. The molecule has 7 heteroatoms. The van der Waals surface area contributed by atoms with Crippen LogP contribution in [0.15, 0.2) is 4.90 Å². The minimum atomic E-state index is -3.45. The molecule has 2 heterocycles. The third-order valence-electron chi connectivity index (χ3n) is 2.97. The van der Waals surface area contributed by atoms with E-state index in [0.29, 0.717) is 18.8 Å². The van der Waals surface area contributed by atoms with Crippen molar-refractivity contribution in [3.63, 3.8) is 0 Å². The smallest absolute Gasteiger partial charge is 0.248 e. The molecule has 0 spiro atoms. The number of rotatable bonds is 2. The number of anilines is 1. The van der Waals surface area contributed by atoms with Crippen LogP contribution >= 0.6 is 0 Å². The van der Waals surface area contributed by atoms with Crippen LogP contribution in [0.1, 0.15) is 18.5 Å². The Morgan fingerprint density at radius 3 is 2.31 bits per heavy atom. The van der Waals surface area contributed by atoms with Gasteiger partial charge >= 0.3 is 0 Å². The molecule has 0 aliphatic carbocycles. The van der Waals surface area contributed by atoms with E-state index in [0.717, 1.165) is 12.8 Å². The minimum Gasteiger partial charge on any atom is -0.381 e. The molecule has 0 amide bonds. The van der Waals surface area contributed by atoms with Crippen molar-refractivity contribution < 1.29 is 8.42 Å². The van der Waals surface area contributed by atoms with Gasteiger partial charge in [-0.2, -0.15) is 9.40 Å². The first-order chi connectivity index (χ1) is 7.44. The Balaban J connectivity index is 2.50. The van der Waals surface area contributed by atoms with Crippen molar-refractivity contribution in [2.45, 2.75) is 24.7 Å². The number of sulfonamides is 1. The van der Waals surface area contributed by atoms with E-state index in [1.54, 1.807) is 14.0 Å². The lowest BCUT2D eigenvalue weighted by Gasteiger charge is -2.15. The fourth-order valence-electron chi connectivity index (χ4n) is 1.99. The Hall–Kier alpha value is -1.08. The van der Waals surface area contributed by atoms with Gasteiger partial charge in [0.15, 0.2) is 5.82 Å². The lowest BCUT2D eigenvalue weighted by Crippen LogP contribution is -2.28. The highest BCUT2D eigenvalue weighted by Gasteiger charge is 2.32. The molecule has 0 atom stereocenters. The number of nitrogens with zero attached hydrogens (tertiary/aromatic N) is 3. The predicted molar refractivity (Wildman–Crippen MR) is 60.4 cm³/mol. The number of aryl methyl sites for hydroxylation is 1. The summed E-state index contributed by atoms with van der Waals surface area (Å²) in [7, 11) is -1.77. The van der Waals surface area contributed by atoms with Crippen molar-refractivity contribution in [2.75, 3.05) is 18.8 Å². The molecule has 2 N–H and O–H groups in total. The van der Waals surface area contributed by atoms with Crippen molar-refractivity contribution in [2.24, 2.45) is 7.05 Å². The van der Waals surface area contributed by atoms with Crippen LogP contribution in [0.4, 0.5) is 5.82 Å². The van der Waals surface area contributed by atoms with E-state index in [9.17, 15) is 8.42 Å². The molecule has 0 radical (unpaired) electrons. The molecule has 1 aliphatic heterocycles. The molecular formula is C9H16N4O2S. The van der Waals surface area contributed by atoms with Gasteiger partial charge < -0.3 is 5.73 Å². The van der Waals surface area contributed by atoms with E-state index in [-0.39, 0.29) is 10.7 Å². The lowest BCUT2D eigenvalue weighted by molar-refractivity contribution is 0.477. The fraction of sp³-hybridized carbons (Fsp3) is 0.667. The molecule has 90 valence electrons. The maximum atomic E-state index is 12.3. The number of hydrogen-bond donors (Lipinski definition) is 1. The standard InChI is InChI=1S/C9H16N4O2S/c1-7-8(9(10)11-12(7)2)16(14,15)13-5-3-4-6-13/h3-6H2,1-2H3,(H2,10,11). The molecule has 1 aromatic rings. The number of nitrogen functional groups attached to an aromatic ring is 1. The Morgan fingerprint density at radius 1 is 1.31 bits per heavy atom. The summed E-state index contributed by atoms with van der Waals surface area (Å²) in [5, 5.41) is 3.94. The van der Waals surface area contributed by atoms with Crippen LogP contribution in [0, 0.1) is 6.92 Å². The molecule has 6 nitrogen and oxygen atoms in total. The molecule has 0 unspecified atom stereocenters. The lowest BCUT2D eigenvalue weighted by atomic mass is 10.4. The molecule has 1 aromatic heterocycles. The van der Waals surface area contributed by atoms with Crippen molar-refractivity contribution in [3.05, 3.63) is 5.69 Å². The van der Waals surface area contributed by atoms with E-state index in [1.807, 2.05) is 0 Å². The maximum absolute atomic E-state index is 12.3. The van der Waals surface area contributed by atoms with Crippen molar-refractivity contribution >= 4 is 15.8 Å². The summed E-state index contributed by atoms with van der Waals surface area (Å²) >= 11 is 0. The fourth-order valence-corrected chi connectivity index (χ4v) is 3.80. The number of nitrogens with two attached hydrogens (primary N) is 1. The molecule has 16 heavy (non-hydrogen) atoms. The summed E-state index contributed by atoms with van der Waals surface area (Å²) in [4.78, 5) is 0.164. The van der Waals surface area contributed by atoms with Gasteiger partial charge in [-0.1, -0.05) is 0 Å². The van der Waals surface area contributed by atoms with E-state index in [1.165, 1.54) is 8.99 Å². The summed E-state index contributed by atoms with van der Waals surface area (Å²) in [6, 6.07) is 0.